The van der Waals surface area contributed by atoms with E-state index < -0.39 is 6.23 Å². The van der Waals surface area contributed by atoms with Crippen molar-refractivity contribution < 1.29 is 9.13 Å². The highest BCUT2D eigenvalue weighted by Gasteiger charge is 2.41. The van der Waals surface area contributed by atoms with Gasteiger partial charge < -0.3 is 4.74 Å². The lowest BCUT2D eigenvalue weighted by molar-refractivity contribution is -0.0190. The Morgan fingerprint density at radius 2 is 1.78 bits per heavy atom. The Hall–Kier alpha value is -2.85. The number of nitrogens with zero attached hydrogens (tertiary/aromatic N) is 2. The van der Waals surface area contributed by atoms with Crippen molar-refractivity contribution in [3.8, 4) is 5.75 Å². The quantitative estimate of drug-likeness (QED) is 0.569. The monoisotopic (exact) mass is 378 g/mol. The molecule has 0 unspecified atom stereocenters. The first-order chi connectivity index (χ1) is 13.2. The van der Waals surface area contributed by atoms with Crippen LogP contribution in [-0.2, 0) is 0 Å². The number of ether oxygens (including phenoxy) is 1. The van der Waals surface area contributed by atoms with Crippen LogP contribution >= 0.6 is 11.6 Å². The van der Waals surface area contributed by atoms with Gasteiger partial charge in [-0.3, -0.25) is 0 Å². The fraction of sp³-hybridized carbons (Fsp3) is 0.136. The van der Waals surface area contributed by atoms with Crippen molar-refractivity contribution >= 4 is 17.3 Å². The van der Waals surface area contributed by atoms with E-state index in [-0.39, 0.29) is 11.9 Å². The van der Waals surface area contributed by atoms with Gasteiger partial charge in [-0.15, -0.1) is 0 Å². The van der Waals surface area contributed by atoms with Crippen molar-refractivity contribution in [2.45, 2.75) is 18.7 Å². The molecule has 3 nitrogen and oxygen atoms in total. The van der Waals surface area contributed by atoms with Crippen LogP contribution in [0.5, 0.6) is 5.75 Å². The minimum absolute atomic E-state index is 0.0257. The smallest absolute Gasteiger partial charge is 0.213 e. The number of hydrazone groups is 1. The lowest BCUT2D eigenvalue weighted by Gasteiger charge is -2.38. The predicted molar refractivity (Wildman–Crippen MR) is 103 cm³/mol. The number of rotatable bonds is 2. The molecule has 2 heterocycles. The maximum absolute atomic E-state index is 13.4. The minimum atomic E-state index is -0.412. The molecule has 134 valence electrons. The maximum atomic E-state index is 13.4. The minimum Gasteiger partial charge on any atom is -0.464 e. The van der Waals surface area contributed by atoms with E-state index in [0.29, 0.717) is 5.02 Å². The van der Waals surface area contributed by atoms with Crippen molar-refractivity contribution in [1.82, 2.24) is 5.01 Å². The number of hydrogen-bond donors (Lipinski definition) is 0. The van der Waals surface area contributed by atoms with Crippen LogP contribution in [0.25, 0.3) is 0 Å². The molecule has 2 atom stereocenters. The van der Waals surface area contributed by atoms with E-state index in [1.165, 1.54) is 12.1 Å². The van der Waals surface area contributed by atoms with Gasteiger partial charge in [-0.1, -0.05) is 54.1 Å². The van der Waals surface area contributed by atoms with E-state index in [0.717, 1.165) is 34.6 Å². The van der Waals surface area contributed by atoms with E-state index in [1.54, 1.807) is 12.1 Å². The van der Waals surface area contributed by atoms with Crippen molar-refractivity contribution in [3.05, 3.63) is 100 Å². The normalized spacial score (nSPS) is 20.5. The fourth-order valence-corrected chi connectivity index (χ4v) is 3.89. The molecule has 0 aromatic heterocycles. The summed E-state index contributed by atoms with van der Waals surface area (Å²) >= 11 is 6.24. The van der Waals surface area contributed by atoms with E-state index in [9.17, 15) is 4.39 Å². The molecule has 3 aromatic carbocycles. The molecular weight excluding hydrogens is 363 g/mol. The van der Waals surface area contributed by atoms with E-state index in [1.807, 2.05) is 41.4 Å². The van der Waals surface area contributed by atoms with Gasteiger partial charge >= 0.3 is 0 Å². The number of fused-ring (bicyclic) bond motifs is 3. The third-order valence-corrected chi connectivity index (χ3v) is 5.25. The number of halogens is 2. The van der Waals surface area contributed by atoms with Gasteiger partial charge in [0.1, 0.15) is 11.6 Å². The van der Waals surface area contributed by atoms with Crippen LogP contribution in [0.3, 0.4) is 0 Å². The average Bonchev–Trinajstić information content (AvgIpc) is 3.15. The van der Waals surface area contributed by atoms with E-state index in [4.69, 9.17) is 21.4 Å². The van der Waals surface area contributed by atoms with Crippen molar-refractivity contribution in [2.75, 3.05) is 0 Å². The molecule has 0 fully saturated rings. The maximum Gasteiger partial charge on any atom is 0.213 e. The highest BCUT2D eigenvalue weighted by atomic mass is 35.5. The van der Waals surface area contributed by atoms with Crippen LogP contribution < -0.4 is 4.74 Å². The number of benzene rings is 3. The van der Waals surface area contributed by atoms with Crippen molar-refractivity contribution in [1.29, 1.82) is 0 Å². The molecule has 5 rings (SSSR count). The number of hydrogen-bond acceptors (Lipinski definition) is 3. The molecule has 27 heavy (non-hydrogen) atoms. The van der Waals surface area contributed by atoms with Gasteiger partial charge in [0.2, 0.25) is 6.23 Å². The molecule has 3 aromatic rings. The molecule has 2 aliphatic rings. The predicted octanol–water partition coefficient (Wildman–Crippen LogP) is 5.72. The summed E-state index contributed by atoms with van der Waals surface area (Å²) in [6, 6.07) is 22.2. The first kappa shape index (κ1) is 16.3. The molecular formula is C22H16ClFN2O. The van der Waals surface area contributed by atoms with Crippen LogP contribution in [0.15, 0.2) is 77.9 Å². The highest BCUT2D eigenvalue weighted by Crippen LogP contribution is 2.48. The Morgan fingerprint density at radius 3 is 2.56 bits per heavy atom. The summed E-state index contributed by atoms with van der Waals surface area (Å²) in [5, 5.41) is 7.52. The van der Waals surface area contributed by atoms with Gasteiger partial charge in [0.05, 0.1) is 11.8 Å². The zero-order chi connectivity index (χ0) is 18.4. The van der Waals surface area contributed by atoms with Gasteiger partial charge in [-0.05, 0) is 35.9 Å². The average molecular weight is 379 g/mol. The summed E-state index contributed by atoms with van der Waals surface area (Å²) in [6.45, 7) is 0. The van der Waals surface area contributed by atoms with E-state index in [2.05, 4.69) is 12.1 Å². The Morgan fingerprint density at radius 1 is 1.00 bits per heavy atom. The molecule has 0 spiro atoms. The molecule has 2 aliphatic heterocycles. The molecule has 0 saturated heterocycles. The standard InChI is InChI=1S/C22H16ClFN2O/c23-16-8-11-21-18(12-16)20-13-19(14-4-2-1-3-5-14)25-26(20)22(27-21)15-6-9-17(24)10-7-15/h1-12,20,22H,13H2/t20-,22+/m1/s1. The second kappa shape index (κ2) is 6.39. The highest BCUT2D eigenvalue weighted by molar-refractivity contribution is 6.30. The molecule has 0 amide bonds. The van der Waals surface area contributed by atoms with Gasteiger partial charge in [0.25, 0.3) is 0 Å². The first-order valence-corrected chi connectivity index (χ1v) is 9.19. The first-order valence-electron chi connectivity index (χ1n) is 8.82. The Labute approximate surface area is 161 Å². The lowest BCUT2D eigenvalue weighted by atomic mass is 9.96. The second-order valence-corrected chi connectivity index (χ2v) is 7.15. The largest absolute Gasteiger partial charge is 0.464 e. The lowest BCUT2D eigenvalue weighted by Crippen LogP contribution is -2.33. The molecule has 0 radical (unpaired) electrons. The summed E-state index contributed by atoms with van der Waals surface area (Å²) < 4.78 is 19.6. The summed E-state index contributed by atoms with van der Waals surface area (Å²) in [6.07, 6.45) is 0.351. The SMILES string of the molecule is Fc1ccc([C@@H]2Oc3ccc(Cl)cc3[C@H]3CC(c4ccccc4)=NN32)cc1. The van der Waals surface area contributed by atoms with Gasteiger partial charge in [-0.2, -0.15) is 5.10 Å². The summed E-state index contributed by atoms with van der Waals surface area (Å²) in [5.74, 6) is 0.521. The topological polar surface area (TPSA) is 24.8 Å². The summed E-state index contributed by atoms with van der Waals surface area (Å²) in [7, 11) is 0. The fourth-order valence-electron chi connectivity index (χ4n) is 3.71. The molecule has 0 saturated carbocycles. The van der Waals surface area contributed by atoms with Crippen molar-refractivity contribution in [3.63, 3.8) is 0 Å². The zero-order valence-electron chi connectivity index (χ0n) is 14.3. The van der Waals surface area contributed by atoms with Crippen LogP contribution in [0.1, 0.15) is 35.4 Å². The van der Waals surface area contributed by atoms with Crippen molar-refractivity contribution in [2.24, 2.45) is 5.10 Å². The van der Waals surface area contributed by atoms with Gasteiger partial charge in [0.15, 0.2) is 0 Å². The Bertz CT molecular complexity index is 1020. The van der Waals surface area contributed by atoms with Gasteiger partial charge in [-0.25, -0.2) is 9.40 Å². The third kappa shape index (κ3) is 2.86. The Kier molecular flexibility index (Phi) is 3.87. The van der Waals surface area contributed by atoms with E-state index >= 15 is 0 Å². The Balaban J connectivity index is 1.61. The molecule has 0 bridgehead atoms. The van der Waals surface area contributed by atoms with Crippen LogP contribution in [0.4, 0.5) is 4.39 Å². The molecule has 0 N–H and O–H groups in total. The summed E-state index contributed by atoms with van der Waals surface area (Å²) in [5.41, 5.74) is 3.98. The second-order valence-electron chi connectivity index (χ2n) is 6.72. The summed E-state index contributed by atoms with van der Waals surface area (Å²) in [4.78, 5) is 0. The molecule has 0 aliphatic carbocycles. The third-order valence-electron chi connectivity index (χ3n) is 5.01. The zero-order valence-corrected chi connectivity index (χ0v) is 15.1. The van der Waals surface area contributed by atoms with Crippen LogP contribution in [0, 0.1) is 5.82 Å². The van der Waals surface area contributed by atoms with Crippen LogP contribution in [0.2, 0.25) is 5.02 Å². The van der Waals surface area contributed by atoms with Gasteiger partial charge in [0, 0.05) is 22.6 Å². The van der Waals surface area contributed by atoms with Crippen LogP contribution in [-0.4, -0.2) is 10.7 Å². The molecule has 5 heteroatoms.